The fourth-order valence-corrected chi connectivity index (χ4v) is 4.69. The summed E-state index contributed by atoms with van der Waals surface area (Å²) in [5.74, 6) is -0.450. The van der Waals surface area contributed by atoms with Crippen molar-refractivity contribution in [1.82, 2.24) is 5.32 Å². The summed E-state index contributed by atoms with van der Waals surface area (Å²) < 4.78 is 7.67. The zero-order valence-corrected chi connectivity index (χ0v) is 18.9. The van der Waals surface area contributed by atoms with Gasteiger partial charge in [-0.2, -0.15) is 0 Å². The number of amides is 1. The van der Waals surface area contributed by atoms with Crippen molar-refractivity contribution in [3.8, 4) is 11.5 Å². The normalized spacial score (nSPS) is 11.7. The number of aliphatic carboxylic acids is 1. The van der Waals surface area contributed by atoms with Crippen molar-refractivity contribution >= 4 is 57.1 Å². The first-order chi connectivity index (χ1) is 12.8. The number of carboxylic acid groups (broad SMARTS) is 1. The lowest BCUT2D eigenvalue weighted by molar-refractivity contribution is -0.141. The highest BCUT2D eigenvalue weighted by Gasteiger charge is 2.20. The number of phenolic OH excluding ortho intramolecular Hbond substituents is 1. The van der Waals surface area contributed by atoms with Gasteiger partial charge in [-0.05, 0) is 80.6 Å². The number of rotatable bonds is 8. The Morgan fingerprint density at radius 1 is 1.11 bits per heavy atom. The fourth-order valence-electron chi connectivity index (χ4n) is 2.48. The van der Waals surface area contributed by atoms with E-state index in [0.29, 0.717) is 13.0 Å². The van der Waals surface area contributed by atoms with E-state index in [-0.39, 0.29) is 18.1 Å². The van der Waals surface area contributed by atoms with E-state index in [1.54, 1.807) is 12.1 Å². The van der Waals surface area contributed by atoms with Gasteiger partial charge in [0.15, 0.2) is 0 Å². The second-order valence-corrected chi connectivity index (χ2v) is 8.27. The quantitative estimate of drug-likeness (QED) is 0.408. The summed E-state index contributed by atoms with van der Waals surface area (Å²) in [7, 11) is 0. The summed E-state index contributed by atoms with van der Waals surface area (Å²) in [6, 6.07) is 9.77. The molecule has 144 valence electrons. The molecule has 0 spiro atoms. The summed E-state index contributed by atoms with van der Waals surface area (Å²) in [5, 5.41) is 21.0. The largest absolute Gasteiger partial charge is 0.508 e. The number of ether oxygens (including phenoxy) is 1. The van der Waals surface area contributed by atoms with E-state index in [0.717, 1.165) is 24.0 Å². The highest BCUT2D eigenvalue weighted by atomic mass is 127. The molecule has 0 bridgehead atoms. The molecule has 1 atom stereocenters. The van der Waals surface area contributed by atoms with E-state index in [2.05, 4.69) is 50.5 Å². The minimum absolute atomic E-state index is 0.203. The molecule has 0 saturated heterocycles. The second-order valence-electron chi connectivity index (χ2n) is 5.95. The van der Waals surface area contributed by atoms with Gasteiger partial charge in [-0.15, -0.1) is 0 Å². The van der Waals surface area contributed by atoms with Gasteiger partial charge in [-0.25, -0.2) is 4.79 Å². The Hall–Kier alpha value is -1.56. The van der Waals surface area contributed by atoms with E-state index in [1.807, 2.05) is 24.3 Å². The van der Waals surface area contributed by atoms with Crippen LogP contribution in [-0.2, 0) is 22.4 Å². The highest BCUT2D eigenvalue weighted by molar-refractivity contribution is 14.1. The van der Waals surface area contributed by atoms with Crippen LogP contribution < -0.4 is 10.1 Å². The maximum Gasteiger partial charge on any atom is 0.326 e. The molecule has 2 rings (SSSR count). The molecule has 2 aromatic rings. The summed E-state index contributed by atoms with van der Waals surface area (Å²) in [6.45, 7) is 1.79. The summed E-state index contributed by atoms with van der Waals surface area (Å²) in [4.78, 5) is 22.5. The lowest BCUT2D eigenvalue weighted by Crippen LogP contribution is -2.41. The zero-order chi connectivity index (χ0) is 20.0. The Bertz CT molecular complexity index is 800. The van der Waals surface area contributed by atoms with Crippen molar-refractivity contribution in [1.29, 1.82) is 0 Å². The smallest absolute Gasteiger partial charge is 0.326 e. The monoisotopic (exact) mass is 595 g/mol. The molecule has 0 aromatic heterocycles. The molecule has 27 heavy (non-hydrogen) atoms. The Morgan fingerprint density at radius 3 is 2.22 bits per heavy atom. The van der Waals surface area contributed by atoms with E-state index < -0.39 is 12.0 Å². The number of carbonyl (C=O) groups excluding carboxylic acids is 1. The Labute approximate surface area is 184 Å². The molecular weight excluding hydrogens is 576 g/mol. The molecule has 0 heterocycles. The van der Waals surface area contributed by atoms with Crippen molar-refractivity contribution in [2.24, 2.45) is 0 Å². The number of benzene rings is 2. The third kappa shape index (κ3) is 6.83. The molecule has 0 saturated carbocycles. The van der Waals surface area contributed by atoms with Crippen LogP contribution in [0.1, 0.15) is 18.1 Å². The van der Waals surface area contributed by atoms with E-state index in [1.165, 1.54) is 6.92 Å². The number of hydrogen-bond donors (Lipinski definition) is 3. The van der Waals surface area contributed by atoms with Crippen molar-refractivity contribution in [2.75, 3.05) is 6.61 Å². The predicted octanol–water partition coefficient (Wildman–Crippen LogP) is 3.35. The fraction of sp³-hybridized carbons (Fsp3) is 0.263. The van der Waals surface area contributed by atoms with Crippen LogP contribution in [0.3, 0.4) is 0 Å². The van der Waals surface area contributed by atoms with Crippen LogP contribution in [-0.4, -0.2) is 34.7 Å². The average Bonchev–Trinajstić information content (AvgIpc) is 2.58. The standard InChI is InChI=1S/C19H19I2NO5/c1-11(23)22-17(19(25)26)10-13-8-15(20)18(16(21)9-13)27-7-6-12-2-4-14(24)5-3-12/h2-5,8-9,17,24H,6-7,10H2,1H3,(H,22,23)(H,25,26)/t17-/m1/s1. The van der Waals surface area contributed by atoms with Gasteiger partial charge in [0, 0.05) is 19.8 Å². The molecule has 0 aliphatic rings. The van der Waals surface area contributed by atoms with Gasteiger partial charge in [0.25, 0.3) is 0 Å². The molecule has 1 amide bonds. The third-order valence-electron chi connectivity index (χ3n) is 3.75. The maximum atomic E-state index is 11.3. The van der Waals surface area contributed by atoms with Crippen molar-refractivity contribution in [3.63, 3.8) is 0 Å². The van der Waals surface area contributed by atoms with Crippen molar-refractivity contribution in [3.05, 3.63) is 54.7 Å². The maximum absolute atomic E-state index is 11.3. The van der Waals surface area contributed by atoms with Gasteiger partial charge < -0.3 is 20.3 Å². The first kappa shape index (κ1) is 21.7. The van der Waals surface area contributed by atoms with Gasteiger partial charge in [-0.3, -0.25) is 4.79 Å². The minimum atomic E-state index is -1.07. The summed E-state index contributed by atoms with van der Waals surface area (Å²) in [6.07, 6.45) is 0.909. The number of carboxylic acids is 1. The minimum Gasteiger partial charge on any atom is -0.508 e. The van der Waals surface area contributed by atoms with Gasteiger partial charge >= 0.3 is 5.97 Å². The van der Waals surface area contributed by atoms with Crippen LogP contribution in [0.2, 0.25) is 0 Å². The lowest BCUT2D eigenvalue weighted by atomic mass is 10.1. The number of aromatic hydroxyl groups is 1. The molecule has 0 fully saturated rings. The van der Waals surface area contributed by atoms with Gasteiger partial charge in [0.1, 0.15) is 17.5 Å². The molecular formula is C19H19I2NO5. The number of carbonyl (C=O) groups is 2. The van der Waals surface area contributed by atoms with Crippen LogP contribution in [0.4, 0.5) is 0 Å². The first-order valence-corrected chi connectivity index (χ1v) is 10.3. The molecule has 0 aliphatic heterocycles. The van der Waals surface area contributed by atoms with Gasteiger partial charge in [0.2, 0.25) is 5.91 Å². The zero-order valence-electron chi connectivity index (χ0n) is 14.5. The Kier molecular flexibility index (Phi) is 8.14. The van der Waals surface area contributed by atoms with E-state index in [9.17, 15) is 19.8 Å². The topological polar surface area (TPSA) is 95.9 Å². The number of phenols is 1. The van der Waals surface area contributed by atoms with Gasteiger partial charge in [-0.1, -0.05) is 12.1 Å². The first-order valence-electron chi connectivity index (χ1n) is 8.14. The third-order valence-corrected chi connectivity index (χ3v) is 5.35. The number of halogens is 2. The summed E-state index contributed by atoms with van der Waals surface area (Å²) >= 11 is 4.32. The molecule has 0 radical (unpaired) electrons. The number of nitrogens with one attached hydrogen (secondary N) is 1. The lowest BCUT2D eigenvalue weighted by Gasteiger charge is -2.16. The molecule has 0 unspecified atom stereocenters. The molecule has 0 aliphatic carbocycles. The van der Waals surface area contributed by atoms with Crippen LogP contribution in [0.25, 0.3) is 0 Å². The Morgan fingerprint density at radius 2 is 1.70 bits per heavy atom. The SMILES string of the molecule is CC(=O)N[C@H](Cc1cc(I)c(OCCc2ccc(O)cc2)c(I)c1)C(=O)O. The Balaban J connectivity index is 2.03. The highest BCUT2D eigenvalue weighted by Crippen LogP contribution is 2.29. The number of hydrogen-bond acceptors (Lipinski definition) is 4. The molecule has 2 aromatic carbocycles. The van der Waals surface area contributed by atoms with Crippen LogP contribution >= 0.6 is 45.2 Å². The second kappa shape index (κ2) is 10.1. The van der Waals surface area contributed by atoms with Crippen LogP contribution in [0.5, 0.6) is 11.5 Å². The van der Waals surface area contributed by atoms with E-state index in [4.69, 9.17) is 4.74 Å². The molecule has 8 heteroatoms. The van der Waals surface area contributed by atoms with Crippen molar-refractivity contribution in [2.45, 2.75) is 25.8 Å². The van der Waals surface area contributed by atoms with Crippen molar-refractivity contribution < 1.29 is 24.5 Å². The van der Waals surface area contributed by atoms with E-state index >= 15 is 0 Å². The van der Waals surface area contributed by atoms with Gasteiger partial charge in [0.05, 0.1) is 13.7 Å². The molecule has 3 N–H and O–H groups in total. The predicted molar refractivity (Wildman–Crippen MR) is 118 cm³/mol. The average molecular weight is 595 g/mol. The summed E-state index contributed by atoms with van der Waals surface area (Å²) in [5.41, 5.74) is 1.88. The molecule has 6 nitrogen and oxygen atoms in total. The van der Waals surface area contributed by atoms with Crippen LogP contribution in [0, 0.1) is 7.14 Å². The van der Waals surface area contributed by atoms with Crippen LogP contribution in [0.15, 0.2) is 36.4 Å².